The average molecular weight is 236 g/mol. The molecule has 0 spiro atoms. The largest absolute Gasteiger partial charge is 0.393 e. The molecule has 0 aliphatic heterocycles. The molecule has 1 aromatic heterocycles. The summed E-state index contributed by atoms with van der Waals surface area (Å²) in [5.74, 6) is 0.633. The van der Waals surface area contributed by atoms with Gasteiger partial charge in [-0.2, -0.15) is 0 Å². The topological polar surface area (TPSA) is 51.2 Å². The summed E-state index contributed by atoms with van der Waals surface area (Å²) >= 11 is 0. The number of hydrogen-bond donors (Lipinski definition) is 2. The summed E-state index contributed by atoms with van der Waals surface area (Å²) in [6, 6.07) is 2.20. The Kier molecular flexibility index (Phi) is 3.08. The first-order valence-electron chi connectivity index (χ1n) is 6.47. The normalized spacial score (nSPS) is 28.5. The zero-order chi connectivity index (χ0) is 12.8. The minimum absolute atomic E-state index is 0.215. The lowest BCUT2D eigenvalue weighted by Crippen LogP contribution is -2.51. The van der Waals surface area contributed by atoms with Crippen molar-refractivity contribution in [3.63, 3.8) is 0 Å². The van der Waals surface area contributed by atoms with Gasteiger partial charge in [-0.15, -0.1) is 0 Å². The summed E-state index contributed by atoms with van der Waals surface area (Å²) in [6.07, 6.45) is 1.17. The molecule has 0 bridgehead atoms. The van der Waals surface area contributed by atoms with Gasteiger partial charge in [-0.1, -0.05) is 13.8 Å². The predicted molar refractivity (Wildman–Crippen MR) is 69.9 cm³/mol. The minimum atomic E-state index is -0.295. The molecule has 1 aliphatic rings. The average Bonchev–Trinajstić information content (AvgIpc) is 2.43. The highest BCUT2D eigenvalue weighted by Gasteiger charge is 2.43. The molecule has 1 heterocycles. The van der Waals surface area contributed by atoms with Crippen molar-refractivity contribution in [2.45, 2.75) is 58.7 Å². The van der Waals surface area contributed by atoms with Gasteiger partial charge in [0.25, 0.3) is 0 Å². The van der Waals surface area contributed by atoms with Crippen LogP contribution in [0, 0.1) is 19.8 Å². The van der Waals surface area contributed by atoms with Crippen LogP contribution >= 0.6 is 0 Å². The Balaban J connectivity index is 2.31. The van der Waals surface area contributed by atoms with Gasteiger partial charge in [0.15, 0.2) is 0 Å². The second kappa shape index (κ2) is 4.14. The van der Waals surface area contributed by atoms with Gasteiger partial charge in [0, 0.05) is 23.5 Å². The Morgan fingerprint density at radius 1 is 1.47 bits per heavy atom. The van der Waals surface area contributed by atoms with Crippen LogP contribution < -0.4 is 5.73 Å². The number of aliphatic hydroxyl groups excluding tert-OH is 1. The molecule has 1 aliphatic carbocycles. The van der Waals surface area contributed by atoms with Gasteiger partial charge in [-0.25, -0.2) is 0 Å². The highest BCUT2D eigenvalue weighted by Crippen LogP contribution is 2.41. The van der Waals surface area contributed by atoms with E-state index >= 15 is 0 Å². The van der Waals surface area contributed by atoms with Crippen molar-refractivity contribution >= 4 is 0 Å². The van der Waals surface area contributed by atoms with Gasteiger partial charge in [-0.05, 0) is 44.2 Å². The molecule has 2 rings (SSSR count). The van der Waals surface area contributed by atoms with Crippen molar-refractivity contribution in [1.29, 1.82) is 0 Å². The maximum absolute atomic E-state index is 9.47. The zero-order valence-electron chi connectivity index (χ0n) is 11.3. The van der Waals surface area contributed by atoms with E-state index in [9.17, 15) is 5.11 Å². The van der Waals surface area contributed by atoms with Crippen LogP contribution in [0.3, 0.4) is 0 Å². The van der Waals surface area contributed by atoms with Crippen molar-refractivity contribution in [1.82, 2.24) is 4.57 Å². The quantitative estimate of drug-likeness (QED) is 0.844. The van der Waals surface area contributed by atoms with Crippen LogP contribution in [0.5, 0.6) is 0 Å². The number of aryl methyl sites for hydroxylation is 1. The summed E-state index contributed by atoms with van der Waals surface area (Å²) in [4.78, 5) is 0. The van der Waals surface area contributed by atoms with Crippen LogP contribution in [-0.4, -0.2) is 15.8 Å². The number of aromatic nitrogens is 1. The molecule has 1 aromatic rings. The molecule has 0 unspecified atom stereocenters. The summed E-state index contributed by atoms with van der Waals surface area (Å²) < 4.78 is 2.35. The van der Waals surface area contributed by atoms with E-state index in [0.717, 1.165) is 6.54 Å². The van der Waals surface area contributed by atoms with Gasteiger partial charge in [0.1, 0.15) is 0 Å². The molecule has 0 atom stereocenters. The van der Waals surface area contributed by atoms with E-state index in [-0.39, 0.29) is 11.6 Å². The molecule has 3 nitrogen and oxygen atoms in total. The second-order valence-corrected chi connectivity index (χ2v) is 6.01. The Labute approximate surface area is 104 Å². The molecule has 96 valence electrons. The lowest BCUT2D eigenvalue weighted by atomic mass is 9.70. The van der Waals surface area contributed by atoms with Crippen molar-refractivity contribution < 1.29 is 5.11 Å². The molecule has 0 amide bonds. The van der Waals surface area contributed by atoms with E-state index in [1.165, 1.54) is 17.0 Å². The Morgan fingerprint density at radius 3 is 2.53 bits per heavy atom. The van der Waals surface area contributed by atoms with E-state index in [0.29, 0.717) is 18.8 Å². The highest BCUT2D eigenvalue weighted by atomic mass is 16.3. The first-order chi connectivity index (χ1) is 7.83. The maximum Gasteiger partial charge on any atom is 0.0582 e. The second-order valence-electron chi connectivity index (χ2n) is 6.01. The Bertz CT molecular complexity index is 414. The van der Waals surface area contributed by atoms with E-state index in [4.69, 9.17) is 5.73 Å². The zero-order valence-corrected chi connectivity index (χ0v) is 11.3. The third-order valence-electron chi connectivity index (χ3n) is 3.86. The van der Waals surface area contributed by atoms with Gasteiger partial charge in [-0.3, -0.25) is 0 Å². The van der Waals surface area contributed by atoms with E-state index < -0.39 is 0 Å². The Hall–Kier alpha value is -0.800. The summed E-state index contributed by atoms with van der Waals surface area (Å²) in [5.41, 5.74) is 9.83. The number of hydrogen-bond acceptors (Lipinski definition) is 2. The Morgan fingerprint density at radius 2 is 2.06 bits per heavy atom. The monoisotopic (exact) mass is 236 g/mol. The number of aliphatic hydroxyl groups is 1. The third-order valence-corrected chi connectivity index (χ3v) is 3.86. The van der Waals surface area contributed by atoms with Crippen molar-refractivity contribution in [3.8, 4) is 0 Å². The molecule has 0 aromatic carbocycles. The van der Waals surface area contributed by atoms with E-state index in [2.05, 4.69) is 38.3 Å². The first kappa shape index (κ1) is 12.7. The summed E-state index contributed by atoms with van der Waals surface area (Å²) in [5, 5.41) is 9.47. The fourth-order valence-electron chi connectivity index (χ4n) is 2.95. The standard InChI is InChI=1S/C14H24N2O/c1-9(2)8-16-10(3)5-13(11(16)4)14(15)6-12(17)7-14/h5,9,12,17H,6-8,15H2,1-4H3. The fraction of sp³-hybridized carbons (Fsp3) is 0.714. The smallest absolute Gasteiger partial charge is 0.0582 e. The van der Waals surface area contributed by atoms with Crippen LogP contribution in [0.2, 0.25) is 0 Å². The molecule has 1 fully saturated rings. The molecule has 3 heteroatoms. The van der Waals surface area contributed by atoms with Crippen molar-refractivity contribution in [2.75, 3.05) is 0 Å². The third kappa shape index (κ3) is 2.14. The molecular weight excluding hydrogens is 212 g/mol. The number of nitrogens with two attached hydrogens (primary N) is 1. The minimum Gasteiger partial charge on any atom is -0.393 e. The summed E-state index contributed by atoms with van der Waals surface area (Å²) in [6.45, 7) is 9.77. The van der Waals surface area contributed by atoms with Gasteiger partial charge in [0.05, 0.1) is 6.10 Å². The lowest BCUT2D eigenvalue weighted by Gasteiger charge is -2.42. The van der Waals surface area contributed by atoms with E-state index in [1.807, 2.05) is 0 Å². The number of rotatable bonds is 3. The molecule has 1 saturated carbocycles. The molecule has 3 N–H and O–H groups in total. The summed E-state index contributed by atoms with van der Waals surface area (Å²) in [7, 11) is 0. The molecular formula is C14H24N2O. The molecule has 17 heavy (non-hydrogen) atoms. The van der Waals surface area contributed by atoms with Gasteiger partial charge < -0.3 is 15.4 Å². The predicted octanol–water partition coefficient (Wildman–Crippen LogP) is 2.07. The number of nitrogens with zero attached hydrogens (tertiary/aromatic N) is 1. The SMILES string of the molecule is Cc1cc(C2(N)CC(O)C2)c(C)n1CC(C)C. The fourth-order valence-corrected chi connectivity index (χ4v) is 2.95. The maximum atomic E-state index is 9.47. The molecule has 0 radical (unpaired) electrons. The van der Waals surface area contributed by atoms with Crippen LogP contribution in [0.25, 0.3) is 0 Å². The van der Waals surface area contributed by atoms with Crippen LogP contribution in [0.15, 0.2) is 6.07 Å². The van der Waals surface area contributed by atoms with Crippen molar-refractivity contribution in [2.24, 2.45) is 11.7 Å². The van der Waals surface area contributed by atoms with Crippen molar-refractivity contribution in [3.05, 3.63) is 23.0 Å². The van der Waals surface area contributed by atoms with E-state index in [1.54, 1.807) is 0 Å². The van der Waals surface area contributed by atoms with Crippen LogP contribution in [0.1, 0.15) is 43.6 Å². The highest BCUT2D eigenvalue weighted by molar-refractivity contribution is 5.35. The van der Waals surface area contributed by atoms with Gasteiger partial charge in [0.2, 0.25) is 0 Å². The van der Waals surface area contributed by atoms with Crippen LogP contribution in [0.4, 0.5) is 0 Å². The molecule has 0 saturated heterocycles. The lowest BCUT2D eigenvalue weighted by molar-refractivity contribution is 0.0206. The van der Waals surface area contributed by atoms with Gasteiger partial charge >= 0.3 is 0 Å². The first-order valence-corrected chi connectivity index (χ1v) is 6.47. The van der Waals surface area contributed by atoms with Crippen LogP contribution in [-0.2, 0) is 12.1 Å².